The molecule has 5 atom stereocenters. The normalized spacial score (nSPS) is 25.7. The zero-order valence-electron chi connectivity index (χ0n) is 16.1. The minimum atomic E-state index is -4.84. The number of aliphatic hydroxyl groups is 1. The number of nitrogen functional groups attached to an aromatic ring is 1. The number of hydrogen-bond donors (Lipinski definition) is 5. The van der Waals surface area contributed by atoms with Crippen molar-refractivity contribution in [3.8, 4) is 0 Å². The summed E-state index contributed by atoms with van der Waals surface area (Å²) in [7, 11) is -4.84. The molecule has 2 aromatic heterocycles. The van der Waals surface area contributed by atoms with Crippen molar-refractivity contribution in [2.24, 2.45) is 11.7 Å². The Hall–Kier alpha value is -2.19. The van der Waals surface area contributed by atoms with Crippen LogP contribution in [0.2, 0.25) is 0 Å². The van der Waals surface area contributed by atoms with Crippen molar-refractivity contribution in [2.45, 2.75) is 44.4 Å². The van der Waals surface area contributed by atoms with E-state index in [1.165, 1.54) is 17.2 Å². The topological polar surface area (TPSA) is 218 Å². The first-order chi connectivity index (χ1) is 14.0. The van der Waals surface area contributed by atoms with Gasteiger partial charge < -0.3 is 35.8 Å². The lowest BCUT2D eigenvalue weighted by molar-refractivity contribution is -0.159. The number of nitrogens with zero attached hydrogens (tertiary/aromatic N) is 4. The molecule has 1 aliphatic heterocycles. The fourth-order valence-electron chi connectivity index (χ4n) is 2.94. The lowest BCUT2D eigenvalue weighted by Crippen LogP contribution is -2.44. The van der Waals surface area contributed by atoms with Gasteiger partial charge in [-0.2, -0.15) is 0 Å². The maximum Gasteiger partial charge on any atom is 0.469 e. The van der Waals surface area contributed by atoms with Gasteiger partial charge in [-0.25, -0.2) is 19.5 Å². The minimum Gasteiger partial charge on any atom is -0.455 e. The standard InChI is InChI=1S/C15H23N6O8P/c1-6(2)8(16)15(23)29-11-7(3-27-30(24,25)26)28-14(10(11)22)21-5-20-9-12(17)18-4-19-13(9)21/h4-8,10-11,14,22H,3,16H2,1-2H3,(H2,17,18,19)(H2,24,25,26). The number of aromatic nitrogens is 4. The number of carbonyl (C=O) groups excluding carboxylic acids is 1. The van der Waals surface area contributed by atoms with Crippen LogP contribution in [0.15, 0.2) is 12.7 Å². The number of anilines is 1. The Morgan fingerprint density at radius 3 is 2.70 bits per heavy atom. The molecule has 166 valence electrons. The van der Waals surface area contributed by atoms with E-state index in [0.29, 0.717) is 0 Å². The van der Waals surface area contributed by atoms with Crippen LogP contribution in [-0.2, 0) is 23.4 Å². The van der Waals surface area contributed by atoms with Crippen molar-refractivity contribution in [1.82, 2.24) is 19.5 Å². The predicted octanol–water partition coefficient (Wildman–Crippen LogP) is -1.33. The second-order valence-electron chi connectivity index (χ2n) is 7.10. The minimum absolute atomic E-state index is 0.110. The van der Waals surface area contributed by atoms with E-state index in [0.717, 1.165) is 0 Å². The molecule has 0 aliphatic carbocycles. The van der Waals surface area contributed by atoms with Gasteiger partial charge in [0.05, 0.1) is 12.9 Å². The van der Waals surface area contributed by atoms with Crippen molar-refractivity contribution in [1.29, 1.82) is 0 Å². The van der Waals surface area contributed by atoms with Crippen LogP contribution in [0.3, 0.4) is 0 Å². The van der Waals surface area contributed by atoms with Gasteiger partial charge in [0.1, 0.15) is 30.1 Å². The van der Waals surface area contributed by atoms with Gasteiger partial charge in [-0.15, -0.1) is 0 Å². The number of phosphoric ester groups is 1. The highest BCUT2D eigenvalue weighted by Crippen LogP contribution is 2.39. The second kappa shape index (κ2) is 8.51. The highest BCUT2D eigenvalue weighted by molar-refractivity contribution is 7.46. The van der Waals surface area contributed by atoms with E-state index in [2.05, 4.69) is 19.5 Å². The smallest absolute Gasteiger partial charge is 0.455 e. The van der Waals surface area contributed by atoms with E-state index in [9.17, 15) is 14.5 Å². The number of phosphoric acid groups is 1. The molecule has 1 saturated heterocycles. The van der Waals surface area contributed by atoms with Gasteiger partial charge in [-0.05, 0) is 5.92 Å². The summed E-state index contributed by atoms with van der Waals surface area (Å²) in [6.45, 7) is 2.77. The summed E-state index contributed by atoms with van der Waals surface area (Å²) >= 11 is 0. The van der Waals surface area contributed by atoms with Crippen LogP contribution >= 0.6 is 7.82 Å². The molecule has 2 aromatic rings. The highest BCUT2D eigenvalue weighted by atomic mass is 31.2. The van der Waals surface area contributed by atoms with Crippen LogP contribution in [-0.4, -0.2) is 71.3 Å². The number of hydrogen-bond acceptors (Lipinski definition) is 11. The first kappa shape index (κ1) is 22.5. The molecule has 0 saturated carbocycles. The average Bonchev–Trinajstić information content (AvgIpc) is 3.21. The Morgan fingerprint density at radius 2 is 2.07 bits per heavy atom. The van der Waals surface area contributed by atoms with Gasteiger partial charge in [0.25, 0.3) is 0 Å². The van der Waals surface area contributed by atoms with E-state index in [4.69, 9.17) is 30.7 Å². The number of rotatable bonds is 7. The summed E-state index contributed by atoms with van der Waals surface area (Å²) in [5.74, 6) is -0.935. The quantitative estimate of drug-likeness (QED) is 0.246. The molecule has 0 bridgehead atoms. The van der Waals surface area contributed by atoms with Crippen molar-refractivity contribution in [3.63, 3.8) is 0 Å². The van der Waals surface area contributed by atoms with Crippen molar-refractivity contribution >= 4 is 30.8 Å². The van der Waals surface area contributed by atoms with Crippen LogP contribution in [0.5, 0.6) is 0 Å². The third kappa shape index (κ3) is 4.59. The fourth-order valence-corrected chi connectivity index (χ4v) is 3.28. The molecule has 7 N–H and O–H groups in total. The van der Waals surface area contributed by atoms with Crippen molar-refractivity contribution in [2.75, 3.05) is 12.3 Å². The van der Waals surface area contributed by atoms with Gasteiger partial charge in [-0.1, -0.05) is 13.8 Å². The summed E-state index contributed by atoms with van der Waals surface area (Å²) in [6.07, 6.45) is -2.65. The first-order valence-electron chi connectivity index (χ1n) is 8.92. The van der Waals surface area contributed by atoms with Crippen molar-refractivity contribution in [3.05, 3.63) is 12.7 Å². The lowest BCUT2D eigenvalue weighted by Gasteiger charge is -2.23. The summed E-state index contributed by atoms with van der Waals surface area (Å²) in [5, 5.41) is 10.8. The number of esters is 1. The Kier molecular flexibility index (Phi) is 6.38. The third-order valence-corrected chi connectivity index (χ3v) is 5.11. The molecule has 3 heterocycles. The lowest BCUT2D eigenvalue weighted by atomic mass is 10.1. The number of carbonyl (C=O) groups is 1. The number of nitrogens with two attached hydrogens (primary N) is 2. The third-order valence-electron chi connectivity index (χ3n) is 4.62. The van der Waals surface area contributed by atoms with Crippen LogP contribution in [0, 0.1) is 5.92 Å². The largest absolute Gasteiger partial charge is 0.469 e. The zero-order chi connectivity index (χ0) is 22.2. The Bertz CT molecular complexity index is 964. The van der Waals surface area contributed by atoms with E-state index >= 15 is 0 Å². The number of aliphatic hydroxyl groups excluding tert-OH is 1. The highest BCUT2D eigenvalue weighted by Gasteiger charge is 2.49. The molecule has 1 aliphatic rings. The monoisotopic (exact) mass is 446 g/mol. The van der Waals surface area contributed by atoms with Crippen LogP contribution < -0.4 is 11.5 Å². The first-order valence-corrected chi connectivity index (χ1v) is 10.5. The summed E-state index contributed by atoms with van der Waals surface area (Å²) in [4.78, 5) is 42.3. The summed E-state index contributed by atoms with van der Waals surface area (Å²) < 4.78 is 28.0. The van der Waals surface area contributed by atoms with Crippen LogP contribution in [0.25, 0.3) is 11.2 Å². The predicted molar refractivity (Wildman–Crippen MR) is 100 cm³/mol. The van der Waals surface area contributed by atoms with Gasteiger partial charge in [-0.3, -0.25) is 13.9 Å². The molecule has 30 heavy (non-hydrogen) atoms. The van der Waals surface area contributed by atoms with E-state index in [-0.39, 0.29) is 22.9 Å². The van der Waals surface area contributed by atoms with E-state index < -0.39 is 51.0 Å². The molecule has 0 aromatic carbocycles. The molecule has 15 heteroatoms. The van der Waals surface area contributed by atoms with Gasteiger partial charge in [0.15, 0.2) is 23.8 Å². The number of ether oxygens (including phenoxy) is 2. The maximum absolute atomic E-state index is 12.3. The van der Waals surface area contributed by atoms with Gasteiger partial charge >= 0.3 is 13.8 Å². The molecule has 14 nitrogen and oxygen atoms in total. The summed E-state index contributed by atoms with van der Waals surface area (Å²) in [6, 6.07) is -0.971. The Morgan fingerprint density at radius 1 is 1.37 bits per heavy atom. The average molecular weight is 446 g/mol. The summed E-state index contributed by atoms with van der Waals surface area (Å²) in [5.41, 5.74) is 12.1. The molecule has 3 rings (SSSR count). The molecule has 5 unspecified atom stereocenters. The van der Waals surface area contributed by atoms with Crippen LogP contribution in [0.4, 0.5) is 5.82 Å². The number of fused-ring (bicyclic) bond motifs is 1. The van der Waals surface area contributed by atoms with Crippen LogP contribution in [0.1, 0.15) is 20.1 Å². The zero-order valence-corrected chi connectivity index (χ0v) is 17.0. The van der Waals surface area contributed by atoms with Gasteiger partial charge in [0.2, 0.25) is 0 Å². The van der Waals surface area contributed by atoms with E-state index in [1.807, 2.05) is 0 Å². The Labute approximate surface area is 170 Å². The Balaban J connectivity index is 1.89. The van der Waals surface area contributed by atoms with Crippen molar-refractivity contribution < 1.29 is 38.3 Å². The maximum atomic E-state index is 12.3. The molecular formula is C15H23N6O8P. The SMILES string of the molecule is CC(C)C(N)C(=O)OC1C(COP(=O)(O)O)OC(n2cnc3c(N)ncnc32)C1O. The second-order valence-corrected chi connectivity index (χ2v) is 8.34. The molecule has 0 amide bonds. The number of imidazole rings is 1. The molecule has 0 spiro atoms. The molecule has 1 fully saturated rings. The van der Waals surface area contributed by atoms with E-state index in [1.54, 1.807) is 13.8 Å². The molecule has 0 radical (unpaired) electrons. The molecular weight excluding hydrogens is 423 g/mol. The van der Waals surface area contributed by atoms with Gasteiger partial charge in [0, 0.05) is 0 Å². The fraction of sp³-hybridized carbons (Fsp3) is 0.600.